The summed E-state index contributed by atoms with van der Waals surface area (Å²) in [6.45, 7) is 8.08. The molecule has 0 spiro atoms. The average Bonchev–Trinajstić information content (AvgIpc) is 2.99. The van der Waals surface area contributed by atoms with E-state index in [0.717, 1.165) is 17.6 Å². The van der Waals surface area contributed by atoms with Gasteiger partial charge in [-0.1, -0.05) is 45.0 Å². The minimum absolute atomic E-state index is 0.000457. The molecule has 1 atom stereocenters. The maximum Gasteiger partial charge on any atom is 0.271 e. The summed E-state index contributed by atoms with van der Waals surface area (Å²) < 4.78 is 41.0. The Hall–Kier alpha value is -2.67. The summed E-state index contributed by atoms with van der Waals surface area (Å²) in [7, 11) is 0. The van der Waals surface area contributed by atoms with Gasteiger partial charge < -0.3 is 10.1 Å². The van der Waals surface area contributed by atoms with E-state index in [0.29, 0.717) is 23.5 Å². The third-order valence-corrected chi connectivity index (χ3v) is 4.94. The lowest BCUT2D eigenvalue weighted by atomic mass is 9.89. The van der Waals surface area contributed by atoms with Gasteiger partial charge in [-0.3, -0.25) is 4.98 Å². The molecule has 3 aromatic rings. The predicted octanol–water partition coefficient (Wildman–Crippen LogP) is 5.20. The van der Waals surface area contributed by atoms with E-state index in [9.17, 15) is 18.3 Å². The number of aromatic nitrogens is 3. The molecule has 160 valence electrons. The zero-order valence-corrected chi connectivity index (χ0v) is 17.5. The van der Waals surface area contributed by atoms with Gasteiger partial charge in [0.2, 0.25) is 0 Å². The zero-order chi connectivity index (χ0) is 22.1. The van der Waals surface area contributed by atoms with E-state index in [1.54, 1.807) is 12.1 Å². The minimum atomic E-state index is -3.01. The van der Waals surface area contributed by atoms with Gasteiger partial charge in [0, 0.05) is 17.7 Å². The first-order valence-corrected chi connectivity index (χ1v) is 9.75. The Balaban J connectivity index is 1.87. The van der Waals surface area contributed by atoms with Crippen LogP contribution in [0.1, 0.15) is 43.5 Å². The number of benzene rings is 1. The number of H-pyrrole nitrogens is 1. The lowest BCUT2D eigenvalue weighted by Crippen LogP contribution is -2.37. The Morgan fingerprint density at radius 1 is 1.03 bits per heavy atom. The van der Waals surface area contributed by atoms with Crippen LogP contribution in [0.2, 0.25) is 0 Å². The lowest BCUT2D eigenvalue weighted by Gasteiger charge is -2.27. The molecular formula is C23H26F3N3O. The van der Waals surface area contributed by atoms with Crippen molar-refractivity contribution in [2.45, 2.75) is 52.6 Å². The fraction of sp³-hybridized carbons (Fsp3) is 0.391. The van der Waals surface area contributed by atoms with E-state index in [1.807, 2.05) is 6.92 Å². The number of nitrogens with zero attached hydrogens (tertiary/aromatic N) is 2. The fourth-order valence-electron chi connectivity index (χ4n) is 3.36. The van der Waals surface area contributed by atoms with Crippen molar-refractivity contribution in [3.8, 4) is 11.3 Å². The van der Waals surface area contributed by atoms with Gasteiger partial charge >= 0.3 is 0 Å². The molecule has 0 amide bonds. The number of hydrogen-bond acceptors (Lipinski definition) is 3. The van der Waals surface area contributed by atoms with E-state index in [1.165, 1.54) is 24.3 Å². The summed E-state index contributed by atoms with van der Waals surface area (Å²) in [4.78, 5) is 11.5. The third-order valence-electron chi connectivity index (χ3n) is 4.94. The largest absolute Gasteiger partial charge is 0.379 e. The lowest BCUT2D eigenvalue weighted by molar-refractivity contribution is -0.102. The molecule has 0 saturated carbocycles. The molecule has 0 aliphatic rings. The van der Waals surface area contributed by atoms with E-state index in [4.69, 9.17) is 0 Å². The van der Waals surface area contributed by atoms with Crippen molar-refractivity contribution in [1.82, 2.24) is 15.0 Å². The van der Waals surface area contributed by atoms with Gasteiger partial charge in [0.15, 0.2) is 5.60 Å². The summed E-state index contributed by atoms with van der Waals surface area (Å²) in [6.07, 6.45) is -1.57. The molecule has 2 N–H and O–H groups in total. The Bertz CT molecular complexity index is 992. The van der Waals surface area contributed by atoms with Crippen molar-refractivity contribution in [2.75, 3.05) is 0 Å². The van der Waals surface area contributed by atoms with Crippen molar-refractivity contribution in [1.29, 1.82) is 0 Å². The van der Waals surface area contributed by atoms with E-state index in [2.05, 4.69) is 35.7 Å². The Labute approximate surface area is 174 Å². The van der Waals surface area contributed by atoms with Gasteiger partial charge in [0.05, 0.1) is 17.6 Å². The Kier molecular flexibility index (Phi) is 6.04. The van der Waals surface area contributed by atoms with Crippen molar-refractivity contribution >= 4 is 0 Å². The van der Waals surface area contributed by atoms with E-state index in [-0.39, 0.29) is 17.4 Å². The molecule has 2 heterocycles. The number of rotatable bonds is 6. The van der Waals surface area contributed by atoms with Crippen LogP contribution in [0.25, 0.3) is 11.3 Å². The number of pyridine rings is 1. The smallest absolute Gasteiger partial charge is 0.271 e. The van der Waals surface area contributed by atoms with E-state index < -0.39 is 17.8 Å². The standard InChI is InChI=1S/C23H26F3N3O/c1-14-19(11-22(2,3)4)29-20(28-14)12-23(30,21(25)26)16-7-5-15(6-8-16)18-10-9-17(24)13-27-18/h5-10,13,21,30H,11-12H2,1-4H3,(H,28,29). The van der Waals surface area contributed by atoms with Crippen LogP contribution in [0.3, 0.4) is 0 Å². The fourth-order valence-corrected chi connectivity index (χ4v) is 3.36. The summed E-state index contributed by atoms with van der Waals surface area (Å²) in [5, 5.41) is 10.9. The molecule has 2 aromatic heterocycles. The summed E-state index contributed by atoms with van der Waals surface area (Å²) in [5.74, 6) is -0.138. The highest BCUT2D eigenvalue weighted by Crippen LogP contribution is 2.33. The molecule has 7 heteroatoms. The van der Waals surface area contributed by atoms with Gasteiger partial charge in [0.25, 0.3) is 6.43 Å². The Morgan fingerprint density at radius 3 is 2.23 bits per heavy atom. The third kappa shape index (κ3) is 4.90. The predicted molar refractivity (Wildman–Crippen MR) is 110 cm³/mol. The number of aliphatic hydroxyl groups is 1. The highest BCUT2D eigenvalue weighted by Gasteiger charge is 2.41. The molecule has 4 nitrogen and oxygen atoms in total. The van der Waals surface area contributed by atoms with Crippen molar-refractivity contribution in [2.24, 2.45) is 5.41 Å². The summed E-state index contributed by atoms with van der Waals surface area (Å²) in [5.41, 5.74) is 0.461. The first-order chi connectivity index (χ1) is 14.0. The molecule has 0 aliphatic heterocycles. The second-order valence-electron chi connectivity index (χ2n) is 8.83. The van der Waals surface area contributed by atoms with Crippen LogP contribution in [-0.2, 0) is 18.4 Å². The maximum absolute atomic E-state index is 14.0. The molecular weight excluding hydrogens is 391 g/mol. The van der Waals surface area contributed by atoms with Gasteiger partial charge in [-0.2, -0.15) is 0 Å². The van der Waals surface area contributed by atoms with Gasteiger partial charge in [-0.15, -0.1) is 0 Å². The number of imidazole rings is 1. The molecule has 0 radical (unpaired) electrons. The number of halogens is 3. The van der Waals surface area contributed by atoms with Crippen molar-refractivity contribution in [3.05, 3.63) is 71.2 Å². The Morgan fingerprint density at radius 2 is 1.70 bits per heavy atom. The maximum atomic E-state index is 14.0. The molecule has 3 rings (SSSR count). The van der Waals surface area contributed by atoms with Crippen LogP contribution < -0.4 is 0 Å². The van der Waals surface area contributed by atoms with Crippen molar-refractivity contribution < 1.29 is 18.3 Å². The van der Waals surface area contributed by atoms with Gasteiger partial charge in [-0.05, 0) is 36.5 Å². The molecule has 1 aromatic carbocycles. The minimum Gasteiger partial charge on any atom is -0.379 e. The van der Waals surface area contributed by atoms with Crippen LogP contribution in [-0.4, -0.2) is 26.5 Å². The molecule has 30 heavy (non-hydrogen) atoms. The normalized spacial score (nSPS) is 14.2. The molecule has 1 unspecified atom stereocenters. The quantitative estimate of drug-likeness (QED) is 0.579. The monoisotopic (exact) mass is 417 g/mol. The average molecular weight is 417 g/mol. The number of alkyl halides is 2. The first kappa shape index (κ1) is 22.0. The molecule has 0 bridgehead atoms. The van der Waals surface area contributed by atoms with E-state index >= 15 is 0 Å². The van der Waals surface area contributed by atoms with Gasteiger partial charge in [0.1, 0.15) is 11.6 Å². The zero-order valence-electron chi connectivity index (χ0n) is 17.5. The highest BCUT2D eigenvalue weighted by atomic mass is 19.3. The number of hydrogen-bond donors (Lipinski definition) is 2. The molecule has 0 saturated heterocycles. The van der Waals surface area contributed by atoms with Crippen LogP contribution in [0, 0.1) is 18.2 Å². The van der Waals surface area contributed by atoms with Crippen LogP contribution in [0.15, 0.2) is 42.6 Å². The molecule has 0 aliphatic carbocycles. The van der Waals surface area contributed by atoms with Gasteiger partial charge in [-0.25, -0.2) is 18.2 Å². The topological polar surface area (TPSA) is 61.8 Å². The molecule has 0 fully saturated rings. The van der Waals surface area contributed by atoms with Crippen LogP contribution in [0.5, 0.6) is 0 Å². The SMILES string of the molecule is Cc1[nH]c(CC(O)(c2ccc(-c3ccc(F)cn3)cc2)C(F)F)nc1CC(C)(C)C. The summed E-state index contributed by atoms with van der Waals surface area (Å²) >= 11 is 0. The summed E-state index contributed by atoms with van der Waals surface area (Å²) in [6, 6.07) is 8.84. The second kappa shape index (κ2) is 8.22. The van der Waals surface area contributed by atoms with Crippen molar-refractivity contribution in [3.63, 3.8) is 0 Å². The highest BCUT2D eigenvalue weighted by molar-refractivity contribution is 5.59. The first-order valence-electron chi connectivity index (χ1n) is 9.75. The van der Waals surface area contributed by atoms with Crippen LogP contribution in [0.4, 0.5) is 13.2 Å². The number of aromatic amines is 1. The second-order valence-corrected chi connectivity index (χ2v) is 8.83. The van der Waals surface area contributed by atoms with Crippen LogP contribution >= 0.6 is 0 Å². The number of nitrogens with one attached hydrogen (secondary N) is 1. The number of aryl methyl sites for hydroxylation is 1.